The van der Waals surface area contributed by atoms with Crippen molar-refractivity contribution in [3.8, 4) is 11.4 Å². The molecule has 0 fully saturated rings. The summed E-state index contributed by atoms with van der Waals surface area (Å²) in [6.07, 6.45) is -3.08. The Morgan fingerprint density at radius 1 is 1.35 bits per heavy atom. The van der Waals surface area contributed by atoms with Crippen LogP contribution in [0, 0.1) is 0 Å². The molecule has 3 aromatic heterocycles. The van der Waals surface area contributed by atoms with Crippen LogP contribution in [0.1, 0.15) is 17.3 Å². The SMILES string of the molecule is Cn1nc(C(F)(F)F)cc1Cc1nc(-c2cc[nH]c(=O)c2)no1. The number of aromatic nitrogens is 5. The molecular weight excluding hydrogens is 315 g/mol. The molecule has 0 aliphatic carbocycles. The number of halogens is 3. The number of aryl methyl sites for hydroxylation is 1. The summed E-state index contributed by atoms with van der Waals surface area (Å²) >= 11 is 0. The number of alkyl halides is 3. The Kier molecular flexibility index (Phi) is 3.51. The van der Waals surface area contributed by atoms with Crippen molar-refractivity contribution in [1.29, 1.82) is 0 Å². The molecule has 7 nitrogen and oxygen atoms in total. The van der Waals surface area contributed by atoms with Gasteiger partial charge in [0, 0.05) is 30.6 Å². The zero-order chi connectivity index (χ0) is 16.6. The van der Waals surface area contributed by atoms with E-state index in [4.69, 9.17) is 4.52 Å². The van der Waals surface area contributed by atoms with Crippen LogP contribution in [0.5, 0.6) is 0 Å². The number of H-pyrrole nitrogens is 1. The molecule has 0 unspecified atom stereocenters. The molecular formula is C13H10F3N5O2. The van der Waals surface area contributed by atoms with Crippen LogP contribution in [-0.4, -0.2) is 24.9 Å². The number of nitrogens with one attached hydrogen (secondary N) is 1. The van der Waals surface area contributed by atoms with E-state index in [0.717, 1.165) is 10.7 Å². The van der Waals surface area contributed by atoms with Crippen LogP contribution in [-0.2, 0) is 19.6 Å². The van der Waals surface area contributed by atoms with Gasteiger partial charge >= 0.3 is 6.18 Å². The van der Waals surface area contributed by atoms with Gasteiger partial charge in [0.25, 0.3) is 0 Å². The van der Waals surface area contributed by atoms with Crippen molar-refractivity contribution in [2.75, 3.05) is 0 Å². The second-order valence-corrected chi connectivity index (χ2v) is 4.77. The molecule has 3 rings (SSSR count). The van der Waals surface area contributed by atoms with Gasteiger partial charge in [-0.3, -0.25) is 9.48 Å². The Bertz CT molecular complexity index is 893. The summed E-state index contributed by atoms with van der Waals surface area (Å²) in [6.45, 7) is 0. The highest BCUT2D eigenvalue weighted by molar-refractivity contribution is 5.52. The Hall–Kier alpha value is -2.91. The first-order chi connectivity index (χ1) is 10.8. The van der Waals surface area contributed by atoms with Crippen LogP contribution in [0.3, 0.4) is 0 Å². The number of rotatable bonds is 3. The minimum Gasteiger partial charge on any atom is -0.339 e. The average molecular weight is 325 g/mol. The fraction of sp³-hybridized carbons (Fsp3) is 0.231. The third kappa shape index (κ3) is 3.15. The maximum absolute atomic E-state index is 12.6. The molecule has 0 aliphatic rings. The van der Waals surface area contributed by atoms with Crippen molar-refractivity contribution < 1.29 is 17.7 Å². The van der Waals surface area contributed by atoms with Crippen LogP contribution in [0.15, 0.2) is 33.7 Å². The molecule has 23 heavy (non-hydrogen) atoms. The first-order valence-corrected chi connectivity index (χ1v) is 6.45. The second-order valence-electron chi connectivity index (χ2n) is 4.77. The highest BCUT2D eigenvalue weighted by Crippen LogP contribution is 2.28. The number of pyridine rings is 1. The molecule has 0 atom stereocenters. The Morgan fingerprint density at radius 2 is 2.13 bits per heavy atom. The summed E-state index contributed by atoms with van der Waals surface area (Å²) in [6, 6.07) is 3.80. The van der Waals surface area contributed by atoms with E-state index in [1.165, 1.54) is 19.3 Å². The first-order valence-electron chi connectivity index (χ1n) is 6.45. The minimum absolute atomic E-state index is 0.00420. The Labute approximate surface area is 126 Å². The molecule has 0 saturated carbocycles. The third-order valence-corrected chi connectivity index (χ3v) is 3.10. The molecule has 0 radical (unpaired) electrons. The van der Waals surface area contributed by atoms with Gasteiger partial charge in [0.15, 0.2) is 5.69 Å². The van der Waals surface area contributed by atoms with E-state index in [-0.39, 0.29) is 29.4 Å². The standard InChI is InChI=1S/C13H10F3N5O2/c1-21-8(5-9(19-21)13(14,15)16)6-11-18-12(20-23-11)7-2-3-17-10(22)4-7/h2-5H,6H2,1H3,(H,17,22). The lowest BCUT2D eigenvalue weighted by atomic mass is 10.2. The summed E-state index contributed by atoms with van der Waals surface area (Å²) in [4.78, 5) is 17.8. The largest absolute Gasteiger partial charge is 0.435 e. The summed E-state index contributed by atoms with van der Waals surface area (Å²) in [5, 5.41) is 7.13. The summed E-state index contributed by atoms with van der Waals surface area (Å²) in [5.41, 5.74) is -0.581. The molecule has 0 aromatic carbocycles. The van der Waals surface area contributed by atoms with Gasteiger partial charge in [-0.1, -0.05) is 5.16 Å². The number of nitrogens with zero attached hydrogens (tertiary/aromatic N) is 4. The van der Waals surface area contributed by atoms with E-state index in [2.05, 4.69) is 20.2 Å². The van der Waals surface area contributed by atoms with Crippen molar-refractivity contribution in [2.24, 2.45) is 7.05 Å². The molecule has 0 amide bonds. The Morgan fingerprint density at radius 3 is 2.78 bits per heavy atom. The monoisotopic (exact) mass is 325 g/mol. The zero-order valence-corrected chi connectivity index (χ0v) is 11.8. The maximum atomic E-state index is 12.6. The Balaban J connectivity index is 1.85. The molecule has 10 heteroatoms. The summed E-state index contributed by atoms with van der Waals surface area (Å²) < 4.78 is 44.0. The van der Waals surface area contributed by atoms with Crippen LogP contribution in [0.4, 0.5) is 13.2 Å². The molecule has 1 N–H and O–H groups in total. The fourth-order valence-corrected chi connectivity index (χ4v) is 1.99. The van der Waals surface area contributed by atoms with E-state index in [1.807, 2.05) is 0 Å². The maximum Gasteiger partial charge on any atom is 0.435 e. The average Bonchev–Trinajstić information content (AvgIpc) is 3.07. The molecule has 0 aliphatic heterocycles. The topological polar surface area (TPSA) is 89.6 Å². The van der Waals surface area contributed by atoms with Crippen LogP contribution >= 0.6 is 0 Å². The van der Waals surface area contributed by atoms with E-state index in [1.54, 1.807) is 6.07 Å². The predicted octanol–water partition coefficient (Wildman–Crippen LogP) is 1.77. The first kappa shape index (κ1) is 15.0. The van der Waals surface area contributed by atoms with E-state index < -0.39 is 11.9 Å². The lowest BCUT2D eigenvalue weighted by molar-refractivity contribution is -0.141. The van der Waals surface area contributed by atoms with E-state index in [0.29, 0.717) is 5.56 Å². The summed E-state index contributed by atoms with van der Waals surface area (Å²) in [7, 11) is 1.40. The normalized spacial score (nSPS) is 11.8. The van der Waals surface area contributed by atoms with E-state index >= 15 is 0 Å². The zero-order valence-electron chi connectivity index (χ0n) is 11.8. The quantitative estimate of drug-likeness (QED) is 0.792. The molecule has 120 valence electrons. The number of aromatic amines is 1. The second kappa shape index (κ2) is 5.38. The van der Waals surface area contributed by atoms with Crippen LogP contribution in [0.25, 0.3) is 11.4 Å². The smallest absolute Gasteiger partial charge is 0.339 e. The van der Waals surface area contributed by atoms with Gasteiger partial charge < -0.3 is 9.51 Å². The molecule has 3 heterocycles. The minimum atomic E-state index is -4.51. The number of hydrogen-bond donors (Lipinski definition) is 1. The van der Waals surface area contributed by atoms with Gasteiger partial charge in [0.2, 0.25) is 17.3 Å². The van der Waals surface area contributed by atoms with Gasteiger partial charge in [-0.05, 0) is 12.1 Å². The van der Waals surface area contributed by atoms with Crippen molar-refractivity contribution in [1.82, 2.24) is 24.9 Å². The predicted molar refractivity (Wildman–Crippen MR) is 71.4 cm³/mol. The van der Waals surface area contributed by atoms with Crippen molar-refractivity contribution in [3.63, 3.8) is 0 Å². The molecule has 3 aromatic rings. The van der Waals surface area contributed by atoms with Gasteiger partial charge in [0.05, 0.1) is 6.42 Å². The van der Waals surface area contributed by atoms with E-state index in [9.17, 15) is 18.0 Å². The number of hydrogen-bond acceptors (Lipinski definition) is 5. The fourth-order valence-electron chi connectivity index (χ4n) is 1.99. The van der Waals surface area contributed by atoms with Gasteiger partial charge in [0.1, 0.15) is 0 Å². The van der Waals surface area contributed by atoms with Crippen molar-refractivity contribution in [3.05, 3.63) is 52.0 Å². The third-order valence-electron chi connectivity index (χ3n) is 3.10. The highest BCUT2D eigenvalue weighted by atomic mass is 19.4. The van der Waals surface area contributed by atoms with Crippen molar-refractivity contribution in [2.45, 2.75) is 12.6 Å². The molecule has 0 spiro atoms. The van der Waals surface area contributed by atoms with Gasteiger partial charge in [-0.15, -0.1) is 0 Å². The van der Waals surface area contributed by atoms with Crippen LogP contribution in [0.2, 0.25) is 0 Å². The van der Waals surface area contributed by atoms with Crippen molar-refractivity contribution >= 4 is 0 Å². The molecule has 0 bridgehead atoms. The highest BCUT2D eigenvalue weighted by Gasteiger charge is 2.34. The lowest BCUT2D eigenvalue weighted by Gasteiger charge is -1.99. The van der Waals surface area contributed by atoms with Gasteiger partial charge in [-0.25, -0.2) is 0 Å². The lowest BCUT2D eigenvalue weighted by Crippen LogP contribution is -2.06. The summed E-state index contributed by atoms with van der Waals surface area (Å²) in [5.74, 6) is 0.307. The van der Waals surface area contributed by atoms with Gasteiger partial charge in [-0.2, -0.15) is 23.3 Å². The molecule has 0 saturated heterocycles. The van der Waals surface area contributed by atoms with Crippen LogP contribution < -0.4 is 5.56 Å².